The summed E-state index contributed by atoms with van der Waals surface area (Å²) in [5, 5.41) is 3.31. The zero-order chi connectivity index (χ0) is 23.7. The van der Waals surface area contributed by atoms with Gasteiger partial charge in [-0.3, -0.25) is 14.7 Å². The number of rotatable bonds is 4. The second-order valence-corrected chi connectivity index (χ2v) is 8.29. The number of methoxy groups -OCH3 is 2. The molecule has 1 atom stereocenters. The molecule has 2 aromatic carbocycles. The fourth-order valence-corrected chi connectivity index (χ4v) is 4.45. The Labute approximate surface area is 198 Å². The van der Waals surface area contributed by atoms with Crippen molar-refractivity contribution in [3.05, 3.63) is 76.2 Å². The summed E-state index contributed by atoms with van der Waals surface area (Å²) in [5.41, 5.74) is 2.49. The lowest BCUT2D eigenvalue weighted by Gasteiger charge is -2.39. The molecule has 1 aromatic heterocycles. The van der Waals surface area contributed by atoms with Crippen molar-refractivity contribution in [1.82, 2.24) is 14.5 Å². The smallest absolute Gasteiger partial charge is 0.257 e. The van der Waals surface area contributed by atoms with Gasteiger partial charge in [0.2, 0.25) is 11.9 Å². The molecule has 5 rings (SSSR count). The number of fused-ring (bicyclic) bond motifs is 1. The van der Waals surface area contributed by atoms with Crippen LogP contribution in [0.4, 0.5) is 11.6 Å². The summed E-state index contributed by atoms with van der Waals surface area (Å²) in [6.45, 7) is 5.08. The summed E-state index contributed by atoms with van der Waals surface area (Å²) in [4.78, 5) is 27.1. The minimum absolute atomic E-state index is 0.155. The van der Waals surface area contributed by atoms with Gasteiger partial charge in [0.15, 0.2) is 6.17 Å². The van der Waals surface area contributed by atoms with Crippen LogP contribution in [0.25, 0.3) is 0 Å². The third-order valence-corrected chi connectivity index (χ3v) is 6.23. The van der Waals surface area contributed by atoms with E-state index >= 15 is 0 Å². The van der Waals surface area contributed by atoms with E-state index in [1.807, 2.05) is 43.3 Å². The van der Waals surface area contributed by atoms with Crippen LogP contribution in [0.3, 0.4) is 0 Å². The number of nitrogens with one attached hydrogen (secondary N) is 1. The fourth-order valence-electron chi connectivity index (χ4n) is 4.45. The lowest BCUT2D eigenvalue weighted by atomic mass is 10.1. The molecular weight excluding hydrogens is 432 g/mol. The van der Waals surface area contributed by atoms with Crippen molar-refractivity contribution in [1.29, 1.82) is 0 Å². The molecule has 0 aliphatic carbocycles. The Bertz CT molecular complexity index is 1260. The van der Waals surface area contributed by atoms with Crippen LogP contribution >= 0.6 is 0 Å². The lowest BCUT2D eigenvalue weighted by Crippen LogP contribution is -2.52. The van der Waals surface area contributed by atoms with Gasteiger partial charge < -0.3 is 19.3 Å². The van der Waals surface area contributed by atoms with Crippen LogP contribution in [-0.2, 0) is 0 Å². The minimum Gasteiger partial charge on any atom is -0.497 e. The number of aliphatic imine (C=N–C) groups is 1. The van der Waals surface area contributed by atoms with Gasteiger partial charge in [-0.25, -0.2) is 9.98 Å². The first kappa shape index (κ1) is 21.8. The molecule has 1 saturated heterocycles. The zero-order valence-corrected chi connectivity index (χ0v) is 19.6. The highest BCUT2D eigenvalue weighted by molar-refractivity contribution is 5.93. The maximum Gasteiger partial charge on any atom is 0.257 e. The number of nitrogens with zero attached hydrogens (tertiary/aromatic N) is 5. The highest BCUT2D eigenvalue weighted by atomic mass is 16.5. The van der Waals surface area contributed by atoms with Gasteiger partial charge in [-0.15, -0.1) is 0 Å². The van der Waals surface area contributed by atoms with Crippen molar-refractivity contribution in [2.45, 2.75) is 13.1 Å². The molecule has 1 unspecified atom stereocenters. The van der Waals surface area contributed by atoms with Crippen LogP contribution in [0.5, 0.6) is 11.5 Å². The van der Waals surface area contributed by atoms with Gasteiger partial charge in [0, 0.05) is 49.2 Å². The second-order valence-electron chi connectivity index (χ2n) is 8.29. The van der Waals surface area contributed by atoms with E-state index in [0.717, 1.165) is 37.5 Å². The fraction of sp³-hybridized carbons (Fsp3) is 0.320. The maximum atomic E-state index is 12.9. The number of benzene rings is 2. The van der Waals surface area contributed by atoms with Gasteiger partial charge in [0.25, 0.3) is 5.56 Å². The highest BCUT2D eigenvalue weighted by Gasteiger charge is 2.30. The Balaban J connectivity index is 1.44. The molecule has 0 radical (unpaired) electrons. The number of hydrogen-bond acceptors (Lipinski definition) is 8. The van der Waals surface area contributed by atoms with Crippen molar-refractivity contribution in [2.24, 2.45) is 4.99 Å². The van der Waals surface area contributed by atoms with E-state index in [1.165, 1.54) is 11.8 Å². The van der Waals surface area contributed by atoms with E-state index < -0.39 is 6.17 Å². The summed E-state index contributed by atoms with van der Waals surface area (Å²) < 4.78 is 12.4. The normalized spacial score (nSPS) is 17.5. The molecular formula is C25H28N6O3. The first-order valence-electron chi connectivity index (χ1n) is 11.3. The predicted octanol–water partition coefficient (Wildman–Crippen LogP) is 2.72. The molecule has 0 bridgehead atoms. The quantitative estimate of drug-likeness (QED) is 0.641. The van der Waals surface area contributed by atoms with Gasteiger partial charge in [-0.05, 0) is 37.3 Å². The van der Waals surface area contributed by atoms with E-state index in [0.29, 0.717) is 23.4 Å². The molecule has 1 N–H and O–H groups in total. The molecule has 3 aromatic rings. The maximum absolute atomic E-state index is 12.9. The number of piperazine rings is 1. The van der Waals surface area contributed by atoms with Gasteiger partial charge in [-0.1, -0.05) is 18.2 Å². The van der Waals surface area contributed by atoms with E-state index in [1.54, 1.807) is 18.8 Å². The van der Waals surface area contributed by atoms with Crippen LogP contribution < -0.4 is 25.2 Å². The van der Waals surface area contributed by atoms with E-state index in [9.17, 15) is 4.79 Å². The number of aromatic nitrogens is 2. The van der Waals surface area contributed by atoms with Crippen LogP contribution in [0, 0.1) is 6.92 Å². The van der Waals surface area contributed by atoms with Crippen molar-refractivity contribution in [3.8, 4) is 11.5 Å². The van der Waals surface area contributed by atoms with Gasteiger partial charge in [0.05, 0.1) is 14.2 Å². The molecule has 0 saturated carbocycles. The first-order valence-corrected chi connectivity index (χ1v) is 11.3. The van der Waals surface area contributed by atoms with E-state index in [2.05, 4.69) is 32.2 Å². The Morgan fingerprint density at radius 1 is 0.941 bits per heavy atom. The number of hydrogen-bond donors (Lipinski definition) is 1. The monoisotopic (exact) mass is 460 g/mol. The molecule has 2 aliphatic rings. The highest BCUT2D eigenvalue weighted by Crippen LogP contribution is 2.32. The molecule has 0 spiro atoms. The zero-order valence-electron chi connectivity index (χ0n) is 19.6. The number of anilines is 2. The Kier molecular flexibility index (Phi) is 5.83. The lowest BCUT2D eigenvalue weighted by molar-refractivity contribution is 0.373. The molecule has 176 valence electrons. The average molecular weight is 461 g/mol. The average Bonchev–Trinajstić information content (AvgIpc) is 2.88. The van der Waals surface area contributed by atoms with E-state index in [-0.39, 0.29) is 5.56 Å². The summed E-state index contributed by atoms with van der Waals surface area (Å²) in [5.74, 6) is 2.73. The molecule has 9 nitrogen and oxygen atoms in total. The predicted molar refractivity (Wildman–Crippen MR) is 132 cm³/mol. The SMILES string of the molecule is COc1ccc(N2CCN(C3=NC(c4ccccc4OC)n4c(nc(C)cc4=O)N3)CC2)cc1. The molecule has 1 fully saturated rings. The van der Waals surface area contributed by atoms with Gasteiger partial charge in [-0.2, -0.15) is 0 Å². The Morgan fingerprint density at radius 3 is 2.35 bits per heavy atom. The Morgan fingerprint density at radius 2 is 1.65 bits per heavy atom. The van der Waals surface area contributed by atoms with Crippen LogP contribution in [0.1, 0.15) is 17.4 Å². The van der Waals surface area contributed by atoms with Crippen LogP contribution in [0.15, 0.2) is 64.4 Å². The van der Waals surface area contributed by atoms with E-state index in [4.69, 9.17) is 14.5 Å². The number of ether oxygens (including phenoxy) is 2. The summed E-state index contributed by atoms with van der Waals surface area (Å²) in [6.07, 6.45) is -0.567. The summed E-state index contributed by atoms with van der Waals surface area (Å²) in [6, 6.07) is 17.3. The second kappa shape index (κ2) is 9.09. The van der Waals surface area contributed by atoms with Crippen molar-refractivity contribution in [3.63, 3.8) is 0 Å². The Hall–Kier alpha value is -4.01. The largest absolute Gasteiger partial charge is 0.497 e. The molecule has 9 heteroatoms. The molecule has 34 heavy (non-hydrogen) atoms. The van der Waals surface area contributed by atoms with Crippen LogP contribution in [-0.4, -0.2) is 60.8 Å². The number of aryl methyl sites for hydroxylation is 1. The van der Waals surface area contributed by atoms with Crippen molar-refractivity contribution < 1.29 is 9.47 Å². The minimum atomic E-state index is -0.567. The number of guanidine groups is 1. The third kappa shape index (κ3) is 4.05. The molecule has 2 aliphatic heterocycles. The topological polar surface area (TPSA) is 84.2 Å². The third-order valence-electron chi connectivity index (χ3n) is 6.23. The van der Waals surface area contributed by atoms with Crippen molar-refractivity contribution in [2.75, 3.05) is 50.6 Å². The van der Waals surface area contributed by atoms with Gasteiger partial charge >= 0.3 is 0 Å². The van der Waals surface area contributed by atoms with Crippen LogP contribution in [0.2, 0.25) is 0 Å². The van der Waals surface area contributed by atoms with Crippen molar-refractivity contribution >= 4 is 17.6 Å². The summed E-state index contributed by atoms with van der Waals surface area (Å²) >= 11 is 0. The molecule has 0 amide bonds. The molecule has 3 heterocycles. The van der Waals surface area contributed by atoms with Gasteiger partial charge in [0.1, 0.15) is 11.5 Å². The summed E-state index contributed by atoms with van der Waals surface area (Å²) in [7, 11) is 3.30. The first-order chi connectivity index (χ1) is 16.6. The number of para-hydroxylation sites is 1. The standard InChI is InChI=1S/C25H28N6O3/c1-17-16-22(32)31-23(20-6-4-5-7-21(20)34-3)27-24(28-25(31)26-17)30-14-12-29(13-15-30)18-8-10-19(33-2)11-9-18/h4-11,16,23H,12-15H2,1-3H3,(H,26,27,28).